The summed E-state index contributed by atoms with van der Waals surface area (Å²) in [7, 11) is 2.16. The van der Waals surface area contributed by atoms with Crippen LogP contribution in [0.3, 0.4) is 0 Å². The molecular formula is C32H47N3O4. The molecule has 3 saturated carbocycles. The molecule has 7 atom stereocenters. The number of hydrogen-bond acceptors (Lipinski definition) is 6. The van der Waals surface area contributed by atoms with Crippen molar-refractivity contribution in [1.29, 1.82) is 0 Å². The molecule has 0 bridgehead atoms. The van der Waals surface area contributed by atoms with Gasteiger partial charge in [-0.05, 0) is 105 Å². The maximum absolute atomic E-state index is 12.6. The first-order chi connectivity index (χ1) is 18.8. The van der Waals surface area contributed by atoms with Gasteiger partial charge >= 0.3 is 11.7 Å². The van der Waals surface area contributed by atoms with Crippen molar-refractivity contribution in [2.75, 3.05) is 46.3 Å². The highest BCUT2D eigenvalue weighted by Gasteiger charge is 2.58. The zero-order chi connectivity index (χ0) is 27.2. The molecule has 1 amide bonds. The molecule has 0 spiro atoms. The zero-order valence-corrected chi connectivity index (χ0v) is 24.1. The van der Waals surface area contributed by atoms with E-state index in [0.717, 1.165) is 58.4 Å². The number of piperazine rings is 1. The Bertz CT molecular complexity index is 1120. The fraction of sp³-hybridized carbons (Fsp3) is 0.750. The van der Waals surface area contributed by atoms with Crippen LogP contribution in [0.15, 0.2) is 39.3 Å². The summed E-state index contributed by atoms with van der Waals surface area (Å²) in [6.07, 6.45) is 13.1. The van der Waals surface area contributed by atoms with Gasteiger partial charge in [-0.1, -0.05) is 25.5 Å². The number of fused-ring (bicyclic) bond motifs is 5. The number of nitrogens with one attached hydrogen (secondary N) is 1. The molecule has 7 nitrogen and oxygen atoms in total. The molecule has 4 aliphatic carbocycles. The Balaban J connectivity index is 1.03. The number of nitrogens with zero attached hydrogens (tertiary/aromatic N) is 2. The Hall–Kier alpha value is -2.12. The molecule has 5 aliphatic rings. The number of carbonyl (C=O) groups is 1. The van der Waals surface area contributed by atoms with Crippen molar-refractivity contribution >= 4 is 6.09 Å². The van der Waals surface area contributed by atoms with Crippen LogP contribution < -0.4 is 10.9 Å². The van der Waals surface area contributed by atoms with Crippen molar-refractivity contribution in [3.63, 3.8) is 0 Å². The summed E-state index contributed by atoms with van der Waals surface area (Å²) in [5.74, 6) is 2.39. The summed E-state index contributed by atoms with van der Waals surface area (Å²) in [5.41, 5.74) is 3.05. The second-order valence-corrected chi connectivity index (χ2v) is 13.7. The minimum atomic E-state index is -0.271. The molecule has 1 aromatic rings. The third-order valence-electron chi connectivity index (χ3n) is 11.7. The highest BCUT2D eigenvalue weighted by molar-refractivity contribution is 5.67. The van der Waals surface area contributed by atoms with Crippen LogP contribution in [0.5, 0.6) is 0 Å². The number of amides is 1. The molecule has 39 heavy (non-hydrogen) atoms. The van der Waals surface area contributed by atoms with Gasteiger partial charge in [0.15, 0.2) is 0 Å². The summed E-state index contributed by atoms with van der Waals surface area (Å²) in [6.45, 7) is 10.9. The second kappa shape index (κ2) is 10.7. The summed E-state index contributed by atoms with van der Waals surface area (Å²) in [5, 5.41) is 3.02. The van der Waals surface area contributed by atoms with Crippen LogP contribution >= 0.6 is 0 Å². The number of likely N-dealkylation sites (N-methyl/N-ethyl adjacent to an activating group) is 1. The topological polar surface area (TPSA) is 75.0 Å². The fourth-order valence-electron chi connectivity index (χ4n) is 9.31. The van der Waals surface area contributed by atoms with Gasteiger partial charge in [-0.3, -0.25) is 4.90 Å². The highest BCUT2D eigenvalue weighted by Crippen LogP contribution is 2.67. The molecule has 4 fully saturated rings. The van der Waals surface area contributed by atoms with E-state index in [9.17, 15) is 9.59 Å². The van der Waals surface area contributed by atoms with Gasteiger partial charge in [-0.15, -0.1) is 0 Å². The van der Waals surface area contributed by atoms with E-state index in [1.165, 1.54) is 31.2 Å². The highest BCUT2D eigenvalue weighted by atomic mass is 16.6. The summed E-state index contributed by atoms with van der Waals surface area (Å²) in [6, 6.07) is 3.55. The molecule has 1 aromatic heterocycles. The molecule has 7 heteroatoms. The van der Waals surface area contributed by atoms with Gasteiger partial charge in [0.1, 0.15) is 6.10 Å². The smallest absolute Gasteiger partial charge is 0.407 e. The number of alkyl carbamates (subject to hydrolysis) is 1. The maximum Gasteiger partial charge on any atom is 0.407 e. The van der Waals surface area contributed by atoms with E-state index in [1.807, 2.05) is 6.07 Å². The minimum Gasteiger partial charge on any atom is -0.446 e. The third-order valence-corrected chi connectivity index (χ3v) is 11.7. The van der Waals surface area contributed by atoms with Gasteiger partial charge in [0.05, 0.1) is 6.26 Å². The lowest BCUT2D eigenvalue weighted by molar-refractivity contribution is -0.0842. The summed E-state index contributed by atoms with van der Waals surface area (Å²) >= 11 is 0. The van der Waals surface area contributed by atoms with Crippen LogP contribution in [0.25, 0.3) is 0 Å². The van der Waals surface area contributed by atoms with E-state index >= 15 is 0 Å². The van der Waals surface area contributed by atoms with Gasteiger partial charge in [-0.2, -0.15) is 0 Å². The first kappa shape index (κ1) is 27.1. The average molecular weight is 538 g/mol. The van der Waals surface area contributed by atoms with Crippen molar-refractivity contribution in [3.05, 3.63) is 46.0 Å². The van der Waals surface area contributed by atoms with Gasteiger partial charge < -0.3 is 19.4 Å². The molecule has 0 aromatic carbocycles. The number of allylic oxidation sites excluding steroid dienone is 2. The lowest BCUT2D eigenvalue weighted by atomic mass is 9.46. The van der Waals surface area contributed by atoms with Crippen molar-refractivity contribution in [1.82, 2.24) is 15.1 Å². The quantitative estimate of drug-likeness (QED) is 0.531. The lowest BCUT2D eigenvalue weighted by Crippen LogP contribution is -2.52. The number of carbonyl (C=O) groups excluding carboxylic acids is 1. The molecule has 1 N–H and O–H groups in total. The first-order valence-corrected chi connectivity index (χ1v) is 15.4. The van der Waals surface area contributed by atoms with Crippen LogP contribution in [-0.2, 0) is 4.74 Å². The molecule has 0 unspecified atom stereocenters. The molecule has 1 saturated heterocycles. The summed E-state index contributed by atoms with van der Waals surface area (Å²) in [4.78, 5) is 28.9. The van der Waals surface area contributed by atoms with E-state index in [1.54, 1.807) is 17.9 Å². The van der Waals surface area contributed by atoms with E-state index in [4.69, 9.17) is 9.15 Å². The molecular weight excluding hydrogens is 490 g/mol. The Morgan fingerprint density at radius 2 is 1.92 bits per heavy atom. The van der Waals surface area contributed by atoms with Crippen molar-refractivity contribution in [2.45, 2.75) is 77.2 Å². The molecule has 6 rings (SSSR count). The Labute approximate surface area is 233 Å². The largest absolute Gasteiger partial charge is 0.446 e. The van der Waals surface area contributed by atoms with E-state index in [2.05, 4.69) is 42.1 Å². The van der Waals surface area contributed by atoms with Gasteiger partial charge in [0.25, 0.3) is 0 Å². The van der Waals surface area contributed by atoms with Crippen LogP contribution in [0.4, 0.5) is 4.79 Å². The molecule has 1 aliphatic heterocycles. The van der Waals surface area contributed by atoms with Crippen molar-refractivity contribution in [3.8, 4) is 0 Å². The van der Waals surface area contributed by atoms with Gasteiger partial charge in [0, 0.05) is 45.3 Å². The number of ether oxygens (including phenoxy) is 1. The Morgan fingerprint density at radius 3 is 2.69 bits per heavy atom. The molecule has 214 valence electrons. The van der Waals surface area contributed by atoms with Crippen LogP contribution in [0, 0.1) is 28.6 Å². The van der Waals surface area contributed by atoms with E-state index in [0.29, 0.717) is 35.6 Å². The van der Waals surface area contributed by atoms with Crippen LogP contribution in [-0.4, -0.2) is 68.3 Å². The Morgan fingerprint density at radius 1 is 1.10 bits per heavy atom. The monoisotopic (exact) mass is 537 g/mol. The zero-order valence-electron chi connectivity index (χ0n) is 24.1. The van der Waals surface area contributed by atoms with Crippen LogP contribution in [0.2, 0.25) is 0 Å². The first-order valence-electron chi connectivity index (χ1n) is 15.4. The van der Waals surface area contributed by atoms with Crippen LogP contribution in [0.1, 0.15) is 76.7 Å². The SMILES string of the molecule is CN1CCN(CCNC(=O)O[C@H]2CC[C@@]3(C)[C@H](CC[C@H]4C5=CC[C@H](c6ccc(=O)oc6)[C@@]5(C)CC[C@@H]43)C2)CC1. The normalized spacial score (nSPS) is 38.7. The second-order valence-electron chi connectivity index (χ2n) is 13.7. The van der Waals surface area contributed by atoms with Crippen molar-refractivity contribution < 1.29 is 13.9 Å². The molecule has 0 radical (unpaired) electrons. The van der Waals surface area contributed by atoms with E-state index < -0.39 is 0 Å². The summed E-state index contributed by atoms with van der Waals surface area (Å²) < 4.78 is 11.2. The maximum atomic E-state index is 12.6. The van der Waals surface area contributed by atoms with Gasteiger partial charge in [0.2, 0.25) is 0 Å². The Kier molecular flexibility index (Phi) is 7.42. The predicted molar refractivity (Wildman–Crippen MR) is 152 cm³/mol. The predicted octanol–water partition coefficient (Wildman–Crippen LogP) is 5.03. The fourth-order valence-corrected chi connectivity index (χ4v) is 9.31. The number of hydrogen-bond donors (Lipinski definition) is 1. The average Bonchev–Trinajstić information content (AvgIpc) is 3.28. The van der Waals surface area contributed by atoms with Gasteiger partial charge in [-0.25, -0.2) is 9.59 Å². The minimum absolute atomic E-state index is 0.0416. The number of rotatable bonds is 5. The standard InChI is InChI=1S/C32H47N3O4/c1-31-12-10-24(39-30(37)33-14-15-35-18-16-34(3)17-19-35)20-23(31)5-6-25-27-8-7-26(22-4-9-29(36)38-21-22)32(27,2)13-11-28(25)31/h4,8-9,21,23-26,28H,5-7,10-20H2,1-3H3,(H,33,37)/t23-,24+,25+,26-,28+,31+,32-/m1/s1. The van der Waals surface area contributed by atoms with E-state index in [-0.39, 0.29) is 23.2 Å². The lowest BCUT2D eigenvalue weighted by Gasteiger charge is -2.59. The third kappa shape index (κ3) is 5.10. The van der Waals surface area contributed by atoms with Crippen molar-refractivity contribution in [2.24, 2.45) is 28.6 Å². The molecule has 2 heterocycles.